The Labute approximate surface area is 100.0 Å². The van der Waals surface area contributed by atoms with Gasteiger partial charge in [0, 0.05) is 31.0 Å². The van der Waals surface area contributed by atoms with Crippen molar-refractivity contribution in [1.29, 1.82) is 0 Å². The zero-order valence-corrected chi connectivity index (χ0v) is 10.1. The highest BCUT2D eigenvalue weighted by Crippen LogP contribution is 2.11. The van der Waals surface area contributed by atoms with Crippen LogP contribution in [0.3, 0.4) is 0 Å². The molecule has 0 atom stereocenters. The predicted molar refractivity (Wildman–Crippen MR) is 66.1 cm³/mol. The van der Waals surface area contributed by atoms with Crippen LogP contribution in [-0.2, 0) is 0 Å². The highest BCUT2D eigenvalue weighted by Gasteiger charge is 2.20. The first kappa shape index (κ1) is 11.6. The van der Waals surface area contributed by atoms with Gasteiger partial charge in [-0.15, -0.1) is 0 Å². The van der Waals surface area contributed by atoms with Gasteiger partial charge in [-0.3, -0.25) is 9.59 Å². The third-order valence-corrected chi connectivity index (χ3v) is 2.91. The van der Waals surface area contributed by atoms with E-state index in [4.69, 9.17) is 0 Å². The van der Waals surface area contributed by atoms with E-state index in [2.05, 4.69) is 11.1 Å². The smallest absolute Gasteiger partial charge is 0.259 e. The molecule has 17 heavy (non-hydrogen) atoms. The molecule has 2 heterocycles. The minimum Gasteiger partial charge on any atom is -0.364 e. The van der Waals surface area contributed by atoms with Gasteiger partial charge in [0.2, 0.25) is 0 Å². The van der Waals surface area contributed by atoms with Crippen molar-refractivity contribution in [2.24, 2.45) is 0 Å². The number of aryl methyl sites for hydroxylation is 1. The maximum absolute atomic E-state index is 12.2. The molecule has 4 nitrogen and oxygen atoms in total. The number of carbonyl (C=O) groups is 1. The first-order chi connectivity index (χ1) is 8.08. The largest absolute Gasteiger partial charge is 0.364 e. The molecule has 1 aliphatic heterocycles. The normalized spacial score (nSPS) is 15.6. The third kappa shape index (κ3) is 2.46. The van der Waals surface area contributed by atoms with E-state index in [0.29, 0.717) is 13.1 Å². The molecule has 1 aromatic heterocycles. The summed E-state index contributed by atoms with van der Waals surface area (Å²) < 4.78 is 0. The van der Waals surface area contributed by atoms with Crippen molar-refractivity contribution in [2.45, 2.75) is 20.3 Å². The summed E-state index contributed by atoms with van der Waals surface area (Å²) in [5.41, 5.74) is 1.96. The molecule has 2 rings (SSSR count). The van der Waals surface area contributed by atoms with E-state index < -0.39 is 0 Å². The van der Waals surface area contributed by atoms with Crippen molar-refractivity contribution in [3.05, 3.63) is 45.4 Å². The van der Waals surface area contributed by atoms with Gasteiger partial charge in [0.15, 0.2) is 5.43 Å². The third-order valence-electron chi connectivity index (χ3n) is 2.91. The molecule has 0 fully saturated rings. The molecule has 0 radical (unpaired) electrons. The molecule has 0 aliphatic carbocycles. The monoisotopic (exact) mass is 232 g/mol. The van der Waals surface area contributed by atoms with Crippen LogP contribution in [0.5, 0.6) is 0 Å². The minimum absolute atomic E-state index is 0.182. The van der Waals surface area contributed by atoms with E-state index in [1.165, 1.54) is 17.8 Å². The summed E-state index contributed by atoms with van der Waals surface area (Å²) in [5.74, 6) is -0.182. The second kappa shape index (κ2) is 4.57. The number of rotatable bonds is 1. The van der Waals surface area contributed by atoms with Crippen LogP contribution >= 0.6 is 0 Å². The van der Waals surface area contributed by atoms with Gasteiger partial charge in [0.1, 0.15) is 5.56 Å². The second-order valence-electron chi connectivity index (χ2n) is 4.46. The highest BCUT2D eigenvalue weighted by atomic mass is 16.2. The van der Waals surface area contributed by atoms with Gasteiger partial charge in [0.25, 0.3) is 5.91 Å². The molecular weight excluding hydrogens is 216 g/mol. The number of pyridine rings is 1. The van der Waals surface area contributed by atoms with Gasteiger partial charge in [-0.05, 0) is 20.3 Å². The first-order valence-corrected chi connectivity index (χ1v) is 5.72. The van der Waals surface area contributed by atoms with E-state index in [0.717, 1.165) is 12.1 Å². The Bertz CT molecular complexity index is 528. The van der Waals surface area contributed by atoms with Gasteiger partial charge >= 0.3 is 0 Å². The fourth-order valence-electron chi connectivity index (χ4n) is 2.00. The van der Waals surface area contributed by atoms with Crippen LogP contribution in [0.25, 0.3) is 0 Å². The van der Waals surface area contributed by atoms with Crippen molar-refractivity contribution in [3.8, 4) is 0 Å². The summed E-state index contributed by atoms with van der Waals surface area (Å²) in [4.78, 5) is 28.5. The Morgan fingerprint density at radius 2 is 2.18 bits per heavy atom. The summed E-state index contributed by atoms with van der Waals surface area (Å²) in [6, 6.07) is 1.46. The van der Waals surface area contributed by atoms with Gasteiger partial charge in [-0.1, -0.05) is 11.6 Å². The number of hydrogen-bond donors (Lipinski definition) is 1. The first-order valence-electron chi connectivity index (χ1n) is 5.72. The Hall–Kier alpha value is -1.84. The predicted octanol–water partition coefficient (Wildman–Crippen LogP) is 1.48. The van der Waals surface area contributed by atoms with Crippen LogP contribution in [0.15, 0.2) is 28.7 Å². The number of amides is 1. The average molecular weight is 232 g/mol. The summed E-state index contributed by atoms with van der Waals surface area (Å²) in [6.07, 6.45) is 4.50. The van der Waals surface area contributed by atoms with Gasteiger partial charge < -0.3 is 9.88 Å². The fourth-order valence-corrected chi connectivity index (χ4v) is 2.00. The van der Waals surface area contributed by atoms with Crippen LogP contribution in [-0.4, -0.2) is 28.9 Å². The Balaban J connectivity index is 2.26. The minimum atomic E-state index is -0.210. The van der Waals surface area contributed by atoms with E-state index >= 15 is 0 Å². The molecule has 0 saturated heterocycles. The molecule has 4 heteroatoms. The standard InChI is InChI=1S/C13H16N2O2/c1-9-4-3-5-15(8-9)13(17)11-7-14-10(2)6-12(11)16/h4,6-7H,3,5,8H2,1-2H3,(H,14,16). The summed E-state index contributed by atoms with van der Waals surface area (Å²) in [6.45, 7) is 5.10. The van der Waals surface area contributed by atoms with Crippen LogP contribution in [0.2, 0.25) is 0 Å². The lowest BCUT2D eigenvalue weighted by Gasteiger charge is -2.25. The summed E-state index contributed by atoms with van der Waals surface area (Å²) in [7, 11) is 0. The average Bonchev–Trinajstić information content (AvgIpc) is 2.28. The van der Waals surface area contributed by atoms with Crippen molar-refractivity contribution in [2.75, 3.05) is 13.1 Å². The van der Waals surface area contributed by atoms with Gasteiger partial charge in [-0.2, -0.15) is 0 Å². The topological polar surface area (TPSA) is 53.2 Å². The van der Waals surface area contributed by atoms with Crippen LogP contribution < -0.4 is 5.43 Å². The maximum atomic E-state index is 12.2. The lowest BCUT2D eigenvalue weighted by molar-refractivity contribution is 0.0764. The Morgan fingerprint density at radius 3 is 2.82 bits per heavy atom. The molecule has 0 unspecified atom stereocenters. The van der Waals surface area contributed by atoms with E-state index in [1.807, 2.05) is 6.92 Å². The number of hydrogen-bond acceptors (Lipinski definition) is 2. The Kier molecular flexibility index (Phi) is 3.13. The molecule has 0 aromatic carbocycles. The van der Waals surface area contributed by atoms with Crippen LogP contribution in [0, 0.1) is 6.92 Å². The zero-order chi connectivity index (χ0) is 12.4. The van der Waals surface area contributed by atoms with E-state index in [-0.39, 0.29) is 16.9 Å². The fraction of sp³-hybridized carbons (Fsp3) is 0.385. The van der Waals surface area contributed by atoms with Gasteiger partial charge in [0.05, 0.1) is 0 Å². The van der Waals surface area contributed by atoms with Crippen molar-refractivity contribution in [1.82, 2.24) is 9.88 Å². The van der Waals surface area contributed by atoms with Crippen LogP contribution in [0.1, 0.15) is 29.4 Å². The molecule has 1 N–H and O–H groups in total. The van der Waals surface area contributed by atoms with Gasteiger partial charge in [-0.25, -0.2) is 0 Å². The number of carbonyl (C=O) groups excluding carboxylic acids is 1. The number of aromatic amines is 1. The van der Waals surface area contributed by atoms with E-state index in [1.54, 1.807) is 11.8 Å². The molecule has 90 valence electrons. The van der Waals surface area contributed by atoms with Crippen molar-refractivity contribution < 1.29 is 4.79 Å². The summed E-state index contributed by atoms with van der Waals surface area (Å²) in [5, 5.41) is 0. The summed E-state index contributed by atoms with van der Waals surface area (Å²) >= 11 is 0. The number of nitrogens with zero attached hydrogens (tertiary/aromatic N) is 1. The molecule has 0 spiro atoms. The van der Waals surface area contributed by atoms with Crippen molar-refractivity contribution in [3.63, 3.8) is 0 Å². The Morgan fingerprint density at radius 1 is 1.41 bits per heavy atom. The molecule has 1 aliphatic rings. The lowest BCUT2D eigenvalue weighted by atomic mass is 10.1. The molecule has 1 amide bonds. The lowest BCUT2D eigenvalue weighted by Crippen LogP contribution is -2.37. The SMILES string of the molecule is CC1=CCCN(C(=O)c2c[nH]c(C)cc2=O)C1. The molecule has 0 bridgehead atoms. The quantitative estimate of drug-likeness (QED) is 0.745. The van der Waals surface area contributed by atoms with Crippen molar-refractivity contribution >= 4 is 5.91 Å². The number of H-pyrrole nitrogens is 1. The second-order valence-corrected chi connectivity index (χ2v) is 4.46. The zero-order valence-electron chi connectivity index (χ0n) is 10.1. The molecule has 1 aromatic rings. The van der Waals surface area contributed by atoms with Crippen LogP contribution in [0.4, 0.5) is 0 Å². The van der Waals surface area contributed by atoms with E-state index in [9.17, 15) is 9.59 Å². The number of nitrogens with one attached hydrogen (secondary N) is 1. The maximum Gasteiger partial charge on any atom is 0.259 e. The highest BCUT2D eigenvalue weighted by molar-refractivity contribution is 5.94. The molecular formula is C13H16N2O2. The molecule has 0 saturated carbocycles. The number of aromatic nitrogens is 1.